The van der Waals surface area contributed by atoms with Crippen LogP contribution in [0.3, 0.4) is 0 Å². The Morgan fingerprint density at radius 1 is 1.00 bits per heavy atom. The Labute approximate surface area is 184 Å². The quantitative estimate of drug-likeness (QED) is 0.358. The summed E-state index contributed by atoms with van der Waals surface area (Å²) in [4.78, 5) is 0. The molecule has 3 nitrogen and oxygen atoms in total. The molecule has 0 fully saturated rings. The highest BCUT2D eigenvalue weighted by Gasteiger charge is 2.14. The summed E-state index contributed by atoms with van der Waals surface area (Å²) in [6, 6.07) is 20.3. The van der Waals surface area contributed by atoms with E-state index in [2.05, 4.69) is 49.2 Å². The molecule has 30 heavy (non-hydrogen) atoms. The summed E-state index contributed by atoms with van der Waals surface area (Å²) in [6.07, 6.45) is 2.58. The molecule has 0 aliphatic heterocycles. The maximum atomic E-state index is 6.19. The van der Waals surface area contributed by atoms with Gasteiger partial charge in [0.1, 0.15) is 6.61 Å². The van der Waals surface area contributed by atoms with Gasteiger partial charge < -0.3 is 14.8 Å². The van der Waals surface area contributed by atoms with Gasteiger partial charge in [-0.3, -0.25) is 0 Å². The number of rotatable bonds is 10. The molecule has 156 valence electrons. The van der Waals surface area contributed by atoms with Crippen LogP contribution in [0.25, 0.3) is 0 Å². The van der Waals surface area contributed by atoms with Crippen LogP contribution in [0.2, 0.25) is 5.02 Å². The Bertz CT molecular complexity index is 983. The number of hydrogen-bond donors (Lipinski definition) is 1. The van der Waals surface area contributed by atoms with Crippen LogP contribution >= 0.6 is 11.6 Å². The average molecular weight is 422 g/mol. The Morgan fingerprint density at radius 2 is 1.80 bits per heavy atom. The van der Waals surface area contributed by atoms with E-state index in [4.69, 9.17) is 21.1 Å². The molecular formula is C26H28ClNO2. The number of nitrogens with one attached hydrogen (secondary N) is 1. The van der Waals surface area contributed by atoms with Gasteiger partial charge in [0, 0.05) is 22.8 Å². The van der Waals surface area contributed by atoms with Gasteiger partial charge in [0.2, 0.25) is 0 Å². The van der Waals surface area contributed by atoms with Crippen LogP contribution < -0.4 is 14.8 Å². The van der Waals surface area contributed by atoms with Crippen LogP contribution in [0.5, 0.6) is 11.5 Å². The lowest BCUT2D eigenvalue weighted by atomic mass is 10.0. The summed E-state index contributed by atoms with van der Waals surface area (Å²) >= 11 is 6.10. The van der Waals surface area contributed by atoms with Crippen LogP contribution in [0.4, 0.5) is 5.69 Å². The Balaban J connectivity index is 1.83. The van der Waals surface area contributed by atoms with Gasteiger partial charge in [-0.15, -0.1) is 6.58 Å². The zero-order chi connectivity index (χ0) is 21.3. The summed E-state index contributed by atoms with van der Waals surface area (Å²) < 4.78 is 12.1. The lowest BCUT2D eigenvalue weighted by Crippen LogP contribution is -2.06. The van der Waals surface area contributed by atoms with E-state index < -0.39 is 0 Å². The molecule has 3 rings (SSSR count). The molecule has 4 heteroatoms. The first-order valence-electron chi connectivity index (χ1n) is 10.2. The van der Waals surface area contributed by atoms with Gasteiger partial charge in [-0.1, -0.05) is 47.5 Å². The standard InChI is InChI=1S/C26H28ClNO2/c1-4-7-22-14-21(17-28-24-12-10-19(3)11-13-24)16-25(29-5-2)26(22)30-18-20-8-6-9-23(27)15-20/h4,6,8-16,28H,1,5,7,17-18H2,2-3H3. The van der Waals surface area contributed by atoms with E-state index in [1.807, 2.05) is 43.3 Å². The molecule has 3 aromatic rings. The van der Waals surface area contributed by atoms with Crippen molar-refractivity contribution in [3.8, 4) is 11.5 Å². The molecule has 3 aromatic carbocycles. The first-order valence-corrected chi connectivity index (χ1v) is 10.5. The number of allylic oxidation sites excluding steroid dienone is 1. The van der Waals surface area contributed by atoms with Crippen LogP contribution in [0.15, 0.2) is 73.3 Å². The molecule has 0 aliphatic carbocycles. The van der Waals surface area contributed by atoms with Crippen LogP contribution in [-0.2, 0) is 19.6 Å². The van der Waals surface area contributed by atoms with E-state index in [1.54, 1.807) is 0 Å². The molecule has 0 amide bonds. The number of ether oxygens (including phenoxy) is 2. The average Bonchev–Trinajstić information content (AvgIpc) is 2.73. The normalized spacial score (nSPS) is 10.5. The van der Waals surface area contributed by atoms with Gasteiger partial charge in [0.25, 0.3) is 0 Å². The van der Waals surface area contributed by atoms with Crippen molar-refractivity contribution < 1.29 is 9.47 Å². The zero-order valence-corrected chi connectivity index (χ0v) is 18.3. The second-order valence-electron chi connectivity index (χ2n) is 7.15. The number of benzene rings is 3. The monoisotopic (exact) mass is 421 g/mol. The largest absolute Gasteiger partial charge is 0.490 e. The number of halogens is 1. The minimum absolute atomic E-state index is 0.422. The Hall–Kier alpha value is -2.91. The minimum Gasteiger partial charge on any atom is -0.490 e. The summed E-state index contributed by atoms with van der Waals surface area (Å²) in [7, 11) is 0. The van der Waals surface area contributed by atoms with E-state index in [1.165, 1.54) is 5.56 Å². The third-order valence-corrected chi connectivity index (χ3v) is 4.91. The summed E-state index contributed by atoms with van der Waals surface area (Å²) in [5.41, 5.74) is 5.53. The topological polar surface area (TPSA) is 30.5 Å². The van der Waals surface area contributed by atoms with E-state index in [9.17, 15) is 0 Å². The summed E-state index contributed by atoms with van der Waals surface area (Å²) in [5, 5.41) is 4.17. The van der Waals surface area contributed by atoms with Crippen molar-refractivity contribution in [3.63, 3.8) is 0 Å². The van der Waals surface area contributed by atoms with Crippen LogP contribution in [0, 0.1) is 6.92 Å². The van der Waals surface area contributed by atoms with Crippen LogP contribution in [-0.4, -0.2) is 6.61 Å². The molecule has 0 radical (unpaired) electrons. The lowest BCUT2D eigenvalue weighted by Gasteiger charge is -2.18. The predicted molar refractivity (Wildman–Crippen MR) is 126 cm³/mol. The van der Waals surface area contributed by atoms with Gasteiger partial charge in [-0.25, -0.2) is 0 Å². The van der Waals surface area contributed by atoms with Crippen molar-refractivity contribution in [2.24, 2.45) is 0 Å². The molecule has 0 bridgehead atoms. The van der Waals surface area contributed by atoms with E-state index >= 15 is 0 Å². The molecule has 0 atom stereocenters. The fourth-order valence-electron chi connectivity index (χ4n) is 3.22. The maximum Gasteiger partial charge on any atom is 0.165 e. The summed E-state index contributed by atoms with van der Waals surface area (Å²) in [5.74, 6) is 1.51. The van der Waals surface area contributed by atoms with Gasteiger partial charge in [0.15, 0.2) is 11.5 Å². The minimum atomic E-state index is 0.422. The summed E-state index contributed by atoms with van der Waals surface area (Å²) in [6.45, 7) is 9.65. The smallest absolute Gasteiger partial charge is 0.165 e. The molecule has 0 unspecified atom stereocenters. The van der Waals surface area contributed by atoms with E-state index in [0.29, 0.717) is 31.2 Å². The van der Waals surface area contributed by atoms with Crippen molar-refractivity contribution in [1.82, 2.24) is 0 Å². The van der Waals surface area contributed by atoms with Crippen molar-refractivity contribution >= 4 is 17.3 Å². The predicted octanol–water partition coefficient (Wildman–Crippen LogP) is 6.97. The molecule has 0 heterocycles. The third kappa shape index (κ3) is 6.04. The molecule has 0 aliphatic rings. The SMILES string of the molecule is C=CCc1cc(CNc2ccc(C)cc2)cc(OCC)c1OCc1cccc(Cl)c1. The highest BCUT2D eigenvalue weighted by atomic mass is 35.5. The Morgan fingerprint density at radius 3 is 2.50 bits per heavy atom. The highest BCUT2D eigenvalue weighted by molar-refractivity contribution is 6.30. The third-order valence-electron chi connectivity index (χ3n) is 4.68. The van der Waals surface area contributed by atoms with E-state index in [0.717, 1.165) is 33.9 Å². The van der Waals surface area contributed by atoms with E-state index in [-0.39, 0.29) is 0 Å². The van der Waals surface area contributed by atoms with Gasteiger partial charge in [-0.2, -0.15) is 0 Å². The molecule has 0 saturated heterocycles. The molecule has 1 N–H and O–H groups in total. The first-order chi connectivity index (χ1) is 14.6. The zero-order valence-electron chi connectivity index (χ0n) is 17.6. The second-order valence-corrected chi connectivity index (χ2v) is 7.58. The molecule has 0 spiro atoms. The number of hydrogen-bond acceptors (Lipinski definition) is 3. The second kappa shape index (κ2) is 10.7. The molecule has 0 saturated carbocycles. The molecular weight excluding hydrogens is 394 g/mol. The Kier molecular flexibility index (Phi) is 7.81. The fraction of sp³-hybridized carbons (Fsp3) is 0.231. The molecule has 0 aromatic heterocycles. The first kappa shape index (κ1) is 21.8. The van der Waals surface area contributed by atoms with Crippen molar-refractivity contribution in [1.29, 1.82) is 0 Å². The maximum absolute atomic E-state index is 6.19. The van der Waals surface area contributed by atoms with Crippen molar-refractivity contribution in [2.75, 3.05) is 11.9 Å². The van der Waals surface area contributed by atoms with Gasteiger partial charge in [0.05, 0.1) is 6.61 Å². The number of anilines is 1. The fourth-order valence-corrected chi connectivity index (χ4v) is 3.43. The lowest BCUT2D eigenvalue weighted by molar-refractivity contribution is 0.267. The van der Waals surface area contributed by atoms with Crippen molar-refractivity contribution in [3.05, 3.63) is 101 Å². The van der Waals surface area contributed by atoms with Crippen LogP contribution in [0.1, 0.15) is 29.2 Å². The van der Waals surface area contributed by atoms with Gasteiger partial charge in [-0.05, 0) is 67.8 Å². The number of aryl methyl sites for hydroxylation is 1. The highest BCUT2D eigenvalue weighted by Crippen LogP contribution is 2.35. The van der Waals surface area contributed by atoms with Gasteiger partial charge >= 0.3 is 0 Å². The van der Waals surface area contributed by atoms with Crippen molar-refractivity contribution in [2.45, 2.75) is 33.4 Å².